The van der Waals surface area contributed by atoms with Crippen molar-refractivity contribution in [2.45, 2.75) is 25.7 Å². The fourth-order valence-corrected chi connectivity index (χ4v) is 3.18. The summed E-state index contributed by atoms with van der Waals surface area (Å²) in [6.45, 7) is 1.93. The molecule has 3 nitrogen and oxygen atoms in total. The summed E-state index contributed by atoms with van der Waals surface area (Å²) < 4.78 is 25.2. The van der Waals surface area contributed by atoms with Crippen LogP contribution >= 0.6 is 0 Å². The van der Waals surface area contributed by atoms with Gasteiger partial charge in [0, 0.05) is 17.2 Å². The molecule has 20 heavy (non-hydrogen) atoms. The van der Waals surface area contributed by atoms with Crippen molar-refractivity contribution in [1.82, 2.24) is 5.32 Å². The number of hydrogen-bond donors (Lipinski definition) is 2. The largest absolute Gasteiger partial charge is 0.326 e. The van der Waals surface area contributed by atoms with E-state index >= 15 is 0 Å². The number of piperidine rings is 1. The van der Waals surface area contributed by atoms with Crippen LogP contribution < -0.4 is 10.6 Å². The molecule has 2 aliphatic rings. The van der Waals surface area contributed by atoms with E-state index in [1.54, 1.807) is 12.1 Å². The monoisotopic (exact) mass is 280 g/mol. The van der Waals surface area contributed by atoms with Crippen molar-refractivity contribution < 1.29 is 13.6 Å². The summed E-state index contributed by atoms with van der Waals surface area (Å²) in [5.74, 6) is 0.0122. The number of hydrogen-bond acceptors (Lipinski definition) is 2. The van der Waals surface area contributed by atoms with E-state index < -0.39 is 6.43 Å². The van der Waals surface area contributed by atoms with Gasteiger partial charge in [-0.3, -0.25) is 4.79 Å². The Morgan fingerprint density at radius 3 is 2.80 bits per heavy atom. The van der Waals surface area contributed by atoms with Crippen molar-refractivity contribution in [3.63, 3.8) is 0 Å². The molecule has 108 valence electrons. The molecule has 3 rings (SSSR count). The van der Waals surface area contributed by atoms with E-state index in [1.807, 2.05) is 0 Å². The van der Waals surface area contributed by atoms with Gasteiger partial charge in [0.2, 0.25) is 5.91 Å². The normalized spacial score (nSPS) is 23.9. The Morgan fingerprint density at radius 1 is 1.35 bits per heavy atom. The molecule has 1 atom stereocenters. The predicted molar refractivity (Wildman–Crippen MR) is 72.7 cm³/mol. The maximum absolute atomic E-state index is 12.6. The SMILES string of the molecule is O=C(Nc1cccc(C(F)F)c1)C1CC12CCNCC2. The van der Waals surface area contributed by atoms with Crippen LogP contribution in [0.2, 0.25) is 0 Å². The highest BCUT2D eigenvalue weighted by molar-refractivity contribution is 5.95. The first-order chi connectivity index (χ1) is 9.61. The molecule has 1 aliphatic carbocycles. The minimum absolute atomic E-state index is 0.0293. The van der Waals surface area contributed by atoms with Crippen molar-refractivity contribution in [2.24, 2.45) is 11.3 Å². The van der Waals surface area contributed by atoms with Gasteiger partial charge in [0.25, 0.3) is 6.43 Å². The molecule has 0 aromatic heterocycles. The van der Waals surface area contributed by atoms with Crippen LogP contribution in [0.15, 0.2) is 24.3 Å². The van der Waals surface area contributed by atoms with Crippen LogP contribution in [0.5, 0.6) is 0 Å². The molecule has 2 fully saturated rings. The van der Waals surface area contributed by atoms with Crippen molar-refractivity contribution in [3.8, 4) is 0 Å². The van der Waals surface area contributed by atoms with Gasteiger partial charge < -0.3 is 10.6 Å². The molecular weight excluding hydrogens is 262 g/mol. The second-order valence-corrected chi connectivity index (χ2v) is 5.78. The minimum atomic E-state index is -2.51. The van der Waals surface area contributed by atoms with Crippen molar-refractivity contribution in [2.75, 3.05) is 18.4 Å². The molecule has 1 unspecified atom stereocenters. The van der Waals surface area contributed by atoms with E-state index in [0.29, 0.717) is 5.69 Å². The van der Waals surface area contributed by atoms with Crippen LogP contribution in [-0.4, -0.2) is 19.0 Å². The maximum atomic E-state index is 12.6. The smallest absolute Gasteiger partial charge is 0.263 e. The summed E-state index contributed by atoms with van der Waals surface area (Å²) in [5, 5.41) is 6.07. The Hall–Kier alpha value is -1.49. The lowest BCUT2D eigenvalue weighted by molar-refractivity contribution is -0.118. The van der Waals surface area contributed by atoms with Crippen LogP contribution in [0.1, 0.15) is 31.3 Å². The lowest BCUT2D eigenvalue weighted by Crippen LogP contribution is -2.31. The third kappa shape index (κ3) is 2.54. The predicted octanol–water partition coefficient (Wildman–Crippen LogP) is 2.95. The highest BCUT2D eigenvalue weighted by atomic mass is 19.3. The summed E-state index contributed by atoms with van der Waals surface area (Å²) in [7, 11) is 0. The molecule has 1 aromatic rings. The van der Waals surface area contributed by atoms with E-state index in [1.165, 1.54) is 12.1 Å². The maximum Gasteiger partial charge on any atom is 0.263 e. The van der Waals surface area contributed by atoms with E-state index in [-0.39, 0.29) is 22.8 Å². The van der Waals surface area contributed by atoms with Gasteiger partial charge in [0.05, 0.1) is 0 Å². The highest BCUT2D eigenvalue weighted by Crippen LogP contribution is 2.58. The number of benzene rings is 1. The topological polar surface area (TPSA) is 41.1 Å². The summed E-state index contributed by atoms with van der Waals surface area (Å²) in [6, 6.07) is 5.91. The van der Waals surface area contributed by atoms with Crippen LogP contribution in [0.25, 0.3) is 0 Å². The van der Waals surface area contributed by atoms with Crippen LogP contribution in [0, 0.1) is 11.3 Å². The van der Waals surface area contributed by atoms with Gasteiger partial charge in [0.15, 0.2) is 0 Å². The Labute approximate surface area is 116 Å². The Balaban J connectivity index is 1.64. The first kappa shape index (κ1) is 13.5. The summed E-state index contributed by atoms with van der Waals surface area (Å²) in [4.78, 5) is 12.2. The van der Waals surface area contributed by atoms with E-state index in [2.05, 4.69) is 10.6 Å². The van der Waals surface area contributed by atoms with E-state index in [4.69, 9.17) is 0 Å². The Bertz CT molecular complexity index is 512. The fraction of sp³-hybridized carbons (Fsp3) is 0.533. The zero-order valence-corrected chi connectivity index (χ0v) is 11.2. The molecule has 1 spiro atoms. The summed E-state index contributed by atoms with van der Waals surface area (Å²) >= 11 is 0. The number of anilines is 1. The number of carbonyl (C=O) groups is 1. The van der Waals surface area contributed by atoms with Gasteiger partial charge in [-0.2, -0.15) is 0 Å². The third-order valence-electron chi connectivity index (χ3n) is 4.51. The van der Waals surface area contributed by atoms with Gasteiger partial charge in [-0.1, -0.05) is 12.1 Å². The highest BCUT2D eigenvalue weighted by Gasteiger charge is 2.57. The van der Waals surface area contributed by atoms with Crippen LogP contribution in [0.4, 0.5) is 14.5 Å². The van der Waals surface area contributed by atoms with Gasteiger partial charge >= 0.3 is 0 Å². The lowest BCUT2D eigenvalue weighted by atomic mass is 9.92. The van der Waals surface area contributed by atoms with Gasteiger partial charge in [-0.15, -0.1) is 0 Å². The number of alkyl halides is 2. The molecule has 0 bridgehead atoms. The first-order valence-corrected chi connectivity index (χ1v) is 7.00. The average molecular weight is 280 g/mol. The zero-order valence-electron chi connectivity index (χ0n) is 11.2. The average Bonchev–Trinajstić information content (AvgIpc) is 3.13. The third-order valence-corrected chi connectivity index (χ3v) is 4.51. The number of nitrogens with one attached hydrogen (secondary N) is 2. The van der Waals surface area contributed by atoms with Crippen LogP contribution in [0.3, 0.4) is 0 Å². The summed E-state index contributed by atoms with van der Waals surface area (Å²) in [5.41, 5.74) is 0.564. The van der Waals surface area contributed by atoms with Crippen molar-refractivity contribution in [1.29, 1.82) is 0 Å². The van der Waals surface area contributed by atoms with Crippen LogP contribution in [-0.2, 0) is 4.79 Å². The van der Waals surface area contributed by atoms with Gasteiger partial charge in [0.1, 0.15) is 0 Å². The molecule has 2 N–H and O–H groups in total. The summed E-state index contributed by atoms with van der Waals surface area (Å²) in [6.07, 6.45) is 0.475. The number of rotatable bonds is 3. The standard InChI is InChI=1S/C15H18F2N2O/c16-13(17)10-2-1-3-11(8-10)19-14(20)12-9-15(12)4-6-18-7-5-15/h1-3,8,12-13,18H,4-7,9H2,(H,19,20). The Morgan fingerprint density at radius 2 is 2.10 bits per heavy atom. The molecule has 1 amide bonds. The lowest BCUT2D eigenvalue weighted by Gasteiger charge is -2.23. The first-order valence-electron chi connectivity index (χ1n) is 7.00. The number of carbonyl (C=O) groups excluding carboxylic acids is 1. The minimum Gasteiger partial charge on any atom is -0.326 e. The second kappa shape index (κ2) is 5.13. The molecule has 5 heteroatoms. The number of halogens is 2. The zero-order chi connectivity index (χ0) is 14.2. The molecule has 1 aliphatic heterocycles. The molecular formula is C15H18F2N2O. The molecule has 0 radical (unpaired) electrons. The van der Waals surface area contributed by atoms with E-state index in [9.17, 15) is 13.6 Å². The molecule has 1 saturated heterocycles. The van der Waals surface area contributed by atoms with Gasteiger partial charge in [-0.25, -0.2) is 8.78 Å². The molecule has 1 saturated carbocycles. The van der Waals surface area contributed by atoms with Crippen molar-refractivity contribution >= 4 is 11.6 Å². The Kier molecular flexibility index (Phi) is 3.46. The quantitative estimate of drug-likeness (QED) is 0.893. The fourth-order valence-electron chi connectivity index (χ4n) is 3.18. The second-order valence-electron chi connectivity index (χ2n) is 5.78. The molecule has 1 aromatic carbocycles. The van der Waals surface area contributed by atoms with Crippen molar-refractivity contribution in [3.05, 3.63) is 29.8 Å². The molecule has 1 heterocycles. The van der Waals surface area contributed by atoms with Gasteiger partial charge in [-0.05, 0) is 49.9 Å². The van der Waals surface area contributed by atoms with E-state index in [0.717, 1.165) is 32.4 Å². The number of amides is 1.